The second-order valence-electron chi connectivity index (χ2n) is 9.04. The van der Waals surface area contributed by atoms with Crippen LogP contribution in [0.5, 0.6) is 0 Å². The zero-order chi connectivity index (χ0) is 26.6. The molecule has 2 aromatic rings. The molecule has 2 aliphatic heterocycles. The third kappa shape index (κ3) is 8.21. The van der Waals surface area contributed by atoms with Crippen LogP contribution in [0.3, 0.4) is 0 Å². The molecule has 2 atom stereocenters. The number of aliphatic hydroxyl groups is 1. The lowest BCUT2D eigenvalue weighted by Crippen LogP contribution is -2.47. The van der Waals surface area contributed by atoms with E-state index in [1.54, 1.807) is 10.9 Å². The zero-order valence-electron chi connectivity index (χ0n) is 21.7. The fourth-order valence-electron chi connectivity index (χ4n) is 4.51. The Labute approximate surface area is 228 Å². The Morgan fingerprint density at radius 3 is 2.32 bits per heavy atom. The quantitative estimate of drug-likeness (QED) is 0.182. The van der Waals surface area contributed by atoms with Crippen LogP contribution in [0, 0.1) is 12.3 Å². The third-order valence-corrected chi connectivity index (χ3v) is 6.66. The van der Waals surface area contributed by atoms with Crippen LogP contribution in [-0.4, -0.2) is 128 Å². The van der Waals surface area contributed by atoms with Crippen LogP contribution in [0.1, 0.15) is 19.1 Å². The molecule has 13 heteroatoms. The molecular formula is C25H37ClN6O6. The second kappa shape index (κ2) is 15.5. The van der Waals surface area contributed by atoms with Gasteiger partial charge in [0.2, 0.25) is 5.28 Å². The predicted molar refractivity (Wildman–Crippen MR) is 141 cm³/mol. The molecule has 2 saturated heterocycles. The maximum atomic E-state index is 9.39. The largest absolute Gasteiger partial charge is 0.394 e. The molecule has 210 valence electrons. The Bertz CT molecular complexity index is 1030. The van der Waals surface area contributed by atoms with Crippen LogP contribution >= 0.6 is 11.6 Å². The summed E-state index contributed by atoms with van der Waals surface area (Å²) in [4.78, 5) is 13.6. The van der Waals surface area contributed by atoms with E-state index >= 15 is 0 Å². The number of aromatic nitrogens is 4. The van der Waals surface area contributed by atoms with E-state index in [1.165, 1.54) is 0 Å². The summed E-state index contributed by atoms with van der Waals surface area (Å²) in [7, 11) is 0. The van der Waals surface area contributed by atoms with E-state index in [-0.39, 0.29) is 24.2 Å². The molecular weight excluding hydrogens is 516 g/mol. The van der Waals surface area contributed by atoms with Crippen molar-refractivity contribution in [2.45, 2.75) is 25.2 Å². The number of aliphatic hydroxyl groups excluding tert-OH is 1. The third-order valence-electron chi connectivity index (χ3n) is 6.49. The van der Waals surface area contributed by atoms with Crippen molar-refractivity contribution < 1.29 is 28.8 Å². The number of ether oxygens (including phenoxy) is 5. The first-order valence-corrected chi connectivity index (χ1v) is 13.5. The maximum Gasteiger partial charge on any atom is 0.226 e. The van der Waals surface area contributed by atoms with E-state index in [4.69, 9.17) is 41.7 Å². The molecule has 2 unspecified atom stereocenters. The molecule has 0 amide bonds. The lowest BCUT2D eigenvalue weighted by molar-refractivity contribution is -0.0262. The van der Waals surface area contributed by atoms with Crippen LogP contribution < -0.4 is 4.90 Å². The number of hydrogen-bond acceptors (Lipinski definition) is 11. The Kier molecular flexibility index (Phi) is 11.8. The summed E-state index contributed by atoms with van der Waals surface area (Å²) in [5.41, 5.74) is 0.655. The van der Waals surface area contributed by atoms with Crippen molar-refractivity contribution in [2.24, 2.45) is 0 Å². The molecule has 12 nitrogen and oxygen atoms in total. The van der Waals surface area contributed by atoms with Gasteiger partial charge in [0, 0.05) is 32.7 Å². The van der Waals surface area contributed by atoms with Gasteiger partial charge in [-0.25, -0.2) is 4.68 Å². The van der Waals surface area contributed by atoms with Gasteiger partial charge in [-0.2, -0.15) is 15.1 Å². The van der Waals surface area contributed by atoms with Gasteiger partial charge in [-0.05, 0) is 24.4 Å². The van der Waals surface area contributed by atoms with Crippen LogP contribution in [0.15, 0.2) is 6.20 Å². The van der Waals surface area contributed by atoms with Gasteiger partial charge in [0.1, 0.15) is 12.4 Å². The summed E-state index contributed by atoms with van der Waals surface area (Å²) >= 11 is 6.31. The van der Waals surface area contributed by atoms with Gasteiger partial charge in [0.25, 0.3) is 0 Å². The van der Waals surface area contributed by atoms with Crippen LogP contribution in [-0.2, 0) is 23.7 Å². The second-order valence-corrected chi connectivity index (χ2v) is 9.38. The Hall–Kier alpha value is -2.08. The van der Waals surface area contributed by atoms with Gasteiger partial charge in [0.05, 0.1) is 70.5 Å². The average Bonchev–Trinajstić information content (AvgIpc) is 3.58. The molecule has 38 heavy (non-hydrogen) atoms. The predicted octanol–water partition coefficient (Wildman–Crippen LogP) is 0.971. The monoisotopic (exact) mass is 552 g/mol. The van der Waals surface area contributed by atoms with Gasteiger partial charge in [0.15, 0.2) is 11.9 Å². The van der Waals surface area contributed by atoms with Gasteiger partial charge in [-0.1, -0.05) is 5.92 Å². The van der Waals surface area contributed by atoms with Gasteiger partial charge in [-0.15, -0.1) is 6.42 Å². The van der Waals surface area contributed by atoms with Gasteiger partial charge < -0.3 is 33.7 Å². The SMILES string of the molecule is C#CCOCCOCCOCCOCCN1CCN(c2nc(Cl)nc3c2cnn3C2CCC(CO)O2)CC1. The van der Waals surface area contributed by atoms with Crippen molar-refractivity contribution in [2.75, 3.05) is 97.1 Å². The molecule has 0 spiro atoms. The van der Waals surface area contributed by atoms with E-state index in [2.05, 4.69) is 30.8 Å². The number of anilines is 1. The lowest BCUT2D eigenvalue weighted by Gasteiger charge is -2.35. The van der Waals surface area contributed by atoms with Crippen molar-refractivity contribution in [3.63, 3.8) is 0 Å². The van der Waals surface area contributed by atoms with Crippen molar-refractivity contribution >= 4 is 28.5 Å². The summed E-state index contributed by atoms with van der Waals surface area (Å²) in [6, 6.07) is 0. The average molecular weight is 553 g/mol. The first-order valence-electron chi connectivity index (χ1n) is 13.1. The van der Waals surface area contributed by atoms with Gasteiger partial charge >= 0.3 is 0 Å². The Morgan fingerprint density at radius 1 is 0.974 bits per heavy atom. The number of piperazine rings is 1. The first-order chi connectivity index (χ1) is 18.7. The summed E-state index contributed by atoms with van der Waals surface area (Å²) in [5, 5.41) is 15.0. The number of hydrogen-bond donors (Lipinski definition) is 1. The van der Waals surface area contributed by atoms with Crippen LogP contribution in [0.25, 0.3) is 11.0 Å². The minimum atomic E-state index is -0.260. The minimum Gasteiger partial charge on any atom is -0.394 e. The number of nitrogens with zero attached hydrogens (tertiary/aromatic N) is 6. The first kappa shape index (κ1) is 28.9. The molecule has 4 heterocycles. The molecule has 2 aliphatic rings. The fraction of sp³-hybridized carbons (Fsp3) is 0.720. The zero-order valence-corrected chi connectivity index (χ0v) is 22.4. The summed E-state index contributed by atoms with van der Waals surface area (Å²) in [6.07, 6.45) is 8.00. The molecule has 0 aromatic carbocycles. The Morgan fingerprint density at radius 2 is 1.66 bits per heavy atom. The van der Waals surface area contributed by atoms with Crippen molar-refractivity contribution in [3.8, 4) is 12.3 Å². The summed E-state index contributed by atoms with van der Waals surface area (Å²) in [6.45, 7) is 8.37. The maximum absolute atomic E-state index is 9.39. The summed E-state index contributed by atoms with van der Waals surface area (Å²) < 4.78 is 29.4. The number of terminal acetylenes is 1. The van der Waals surface area contributed by atoms with E-state index < -0.39 is 0 Å². The normalized spacial score (nSPS) is 20.4. The van der Waals surface area contributed by atoms with Crippen molar-refractivity contribution in [1.82, 2.24) is 24.6 Å². The van der Waals surface area contributed by atoms with Crippen LogP contribution in [0.2, 0.25) is 5.28 Å². The Balaban J connectivity index is 1.13. The molecule has 0 radical (unpaired) electrons. The number of rotatable bonds is 16. The topological polar surface area (TPSA) is 116 Å². The molecule has 0 bridgehead atoms. The van der Waals surface area contributed by atoms with E-state index in [0.29, 0.717) is 58.5 Å². The van der Waals surface area contributed by atoms with Crippen molar-refractivity contribution in [1.29, 1.82) is 0 Å². The standard InChI is InChI=1S/C25H37ClN6O6/c1-2-10-34-12-14-36-16-17-37-15-13-35-11-9-30-5-7-31(8-6-30)23-21-18-27-32(24(21)29-25(26)28-23)22-4-3-20(19-33)38-22/h1,18,20,22,33H,3-17,19H2. The number of halogens is 1. The molecule has 1 N–H and O–H groups in total. The highest BCUT2D eigenvalue weighted by Gasteiger charge is 2.29. The molecule has 4 rings (SSSR count). The highest BCUT2D eigenvalue weighted by Crippen LogP contribution is 2.33. The highest BCUT2D eigenvalue weighted by atomic mass is 35.5. The van der Waals surface area contributed by atoms with Crippen LogP contribution in [0.4, 0.5) is 5.82 Å². The fourth-order valence-corrected chi connectivity index (χ4v) is 4.67. The lowest BCUT2D eigenvalue weighted by atomic mass is 10.2. The van der Waals surface area contributed by atoms with Gasteiger partial charge in [-0.3, -0.25) is 4.90 Å². The van der Waals surface area contributed by atoms with E-state index in [1.807, 2.05) is 0 Å². The summed E-state index contributed by atoms with van der Waals surface area (Å²) in [5.74, 6) is 3.20. The smallest absolute Gasteiger partial charge is 0.226 e. The minimum absolute atomic E-state index is 0.000762. The highest BCUT2D eigenvalue weighted by molar-refractivity contribution is 6.28. The molecule has 2 aromatic heterocycles. The molecule has 2 fully saturated rings. The molecule has 0 aliphatic carbocycles. The van der Waals surface area contributed by atoms with E-state index in [0.717, 1.165) is 56.8 Å². The van der Waals surface area contributed by atoms with Crippen molar-refractivity contribution in [3.05, 3.63) is 11.5 Å². The number of fused-ring (bicyclic) bond motifs is 1. The molecule has 0 saturated carbocycles. The van der Waals surface area contributed by atoms with E-state index in [9.17, 15) is 5.11 Å².